The van der Waals surface area contributed by atoms with Crippen LogP contribution in [0.25, 0.3) is 10.4 Å². The molecule has 1 aromatic heterocycles. The zero-order chi connectivity index (χ0) is 28.7. The van der Waals surface area contributed by atoms with Crippen LogP contribution in [0.1, 0.15) is 35.0 Å². The predicted octanol–water partition coefficient (Wildman–Crippen LogP) is 4.99. The average Bonchev–Trinajstić information content (AvgIpc) is 3.28. The zero-order valence-electron chi connectivity index (χ0n) is 22.2. The summed E-state index contributed by atoms with van der Waals surface area (Å²) in [6.45, 7) is 2.96. The number of ether oxygens (including phenoxy) is 3. The Morgan fingerprint density at radius 1 is 1.10 bits per heavy atom. The number of carbonyl (C=O) groups excluding carboxylic acids is 2. The summed E-state index contributed by atoms with van der Waals surface area (Å²) in [6.07, 6.45) is 1.36. The van der Waals surface area contributed by atoms with Crippen molar-refractivity contribution < 1.29 is 32.2 Å². The first kappa shape index (κ1) is 30.0. The smallest absolute Gasteiger partial charge is 0.351 e. The van der Waals surface area contributed by atoms with Gasteiger partial charge in [0.15, 0.2) is 17.2 Å². The first-order chi connectivity index (χ1) is 19.2. The van der Waals surface area contributed by atoms with E-state index in [1.165, 1.54) is 7.11 Å². The van der Waals surface area contributed by atoms with E-state index < -0.39 is 22.0 Å². The molecular formula is C28H31BrN2O7S2. The molecule has 0 bridgehead atoms. The van der Waals surface area contributed by atoms with Gasteiger partial charge in [-0.1, -0.05) is 42.5 Å². The third-order valence-corrected chi connectivity index (χ3v) is 10.3. The number of esters is 2. The van der Waals surface area contributed by atoms with Gasteiger partial charge >= 0.3 is 11.9 Å². The Bertz CT molecular complexity index is 1440. The van der Waals surface area contributed by atoms with Gasteiger partial charge in [0.2, 0.25) is 10.0 Å². The number of methoxy groups -OCH3 is 1. The molecule has 9 nitrogen and oxygen atoms in total. The molecule has 2 aromatic carbocycles. The van der Waals surface area contributed by atoms with Crippen molar-refractivity contribution in [3.05, 3.63) is 69.5 Å². The van der Waals surface area contributed by atoms with Gasteiger partial charge in [-0.25, -0.2) is 18.0 Å². The van der Waals surface area contributed by atoms with Crippen LogP contribution in [0.2, 0.25) is 0 Å². The number of piperidine rings is 1. The van der Waals surface area contributed by atoms with Gasteiger partial charge in [0.1, 0.15) is 0 Å². The molecular weight excluding hydrogens is 620 g/mol. The van der Waals surface area contributed by atoms with Crippen LogP contribution in [0.4, 0.5) is 5.69 Å². The van der Waals surface area contributed by atoms with Crippen molar-refractivity contribution in [1.29, 1.82) is 0 Å². The van der Waals surface area contributed by atoms with Gasteiger partial charge in [-0.15, -0.1) is 11.3 Å². The van der Waals surface area contributed by atoms with E-state index in [1.807, 2.05) is 36.4 Å². The van der Waals surface area contributed by atoms with Crippen molar-refractivity contribution in [3.8, 4) is 16.2 Å². The van der Waals surface area contributed by atoms with Crippen molar-refractivity contribution in [2.75, 3.05) is 37.7 Å². The molecule has 3 aromatic rings. The summed E-state index contributed by atoms with van der Waals surface area (Å²) >= 11 is 4.66. The lowest BCUT2D eigenvalue weighted by atomic mass is 10.1. The highest BCUT2D eigenvalue weighted by molar-refractivity contribution is 9.10. The number of nitrogens with zero attached hydrogens (tertiary/aromatic N) is 1. The number of anilines is 1. The van der Waals surface area contributed by atoms with Crippen LogP contribution in [-0.2, 0) is 30.0 Å². The third kappa shape index (κ3) is 7.03. The number of hydrogen-bond acceptors (Lipinski definition) is 9. The van der Waals surface area contributed by atoms with E-state index in [1.54, 1.807) is 29.4 Å². The van der Waals surface area contributed by atoms with Gasteiger partial charge in [-0.05, 0) is 72.0 Å². The number of nitrogens with one attached hydrogen (secondary N) is 1. The Balaban J connectivity index is 1.74. The average molecular weight is 652 g/mol. The second-order valence-corrected chi connectivity index (χ2v) is 12.7. The molecule has 1 saturated heterocycles. The van der Waals surface area contributed by atoms with Crippen molar-refractivity contribution in [2.24, 2.45) is 0 Å². The fourth-order valence-corrected chi connectivity index (χ4v) is 8.37. The molecule has 1 aliphatic rings. The van der Waals surface area contributed by atoms with E-state index in [2.05, 4.69) is 21.2 Å². The Morgan fingerprint density at radius 3 is 2.50 bits per heavy atom. The molecule has 1 fully saturated rings. The van der Waals surface area contributed by atoms with Gasteiger partial charge in [0, 0.05) is 6.04 Å². The first-order valence-electron chi connectivity index (χ1n) is 12.8. The topological polar surface area (TPSA) is 111 Å². The van der Waals surface area contributed by atoms with E-state index in [0.717, 1.165) is 24.4 Å². The maximum Gasteiger partial charge on any atom is 0.351 e. The number of thiophene rings is 1. The van der Waals surface area contributed by atoms with Gasteiger partial charge in [-0.3, -0.25) is 4.31 Å². The highest BCUT2D eigenvalue weighted by Crippen LogP contribution is 2.46. The predicted molar refractivity (Wildman–Crippen MR) is 158 cm³/mol. The largest absolute Gasteiger partial charge is 0.479 e. The Kier molecular flexibility index (Phi) is 10.2. The normalized spacial score (nSPS) is 14.0. The van der Waals surface area contributed by atoms with Crippen molar-refractivity contribution in [1.82, 2.24) is 5.32 Å². The molecule has 40 heavy (non-hydrogen) atoms. The molecule has 0 saturated carbocycles. The molecule has 0 amide bonds. The van der Waals surface area contributed by atoms with Crippen LogP contribution in [-0.4, -0.2) is 59.8 Å². The summed E-state index contributed by atoms with van der Waals surface area (Å²) in [4.78, 5) is 25.3. The highest BCUT2D eigenvalue weighted by Gasteiger charge is 2.32. The Morgan fingerprint density at radius 2 is 1.82 bits per heavy atom. The van der Waals surface area contributed by atoms with Crippen molar-refractivity contribution >= 4 is 54.9 Å². The Labute approximate surface area is 246 Å². The maximum absolute atomic E-state index is 13.9. The number of sulfonamides is 1. The van der Waals surface area contributed by atoms with Crippen LogP contribution >= 0.6 is 27.3 Å². The van der Waals surface area contributed by atoms with Crippen LogP contribution in [0, 0.1) is 0 Å². The molecule has 0 atom stereocenters. The minimum atomic E-state index is -3.73. The minimum Gasteiger partial charge on any atom is -0.479 e. The monoisotopic (exact) mass is 650 g/mol. The zero-order valence-corrected chi connectivity index (χ0v) is 25.4. The molecule has 2 heterocycles. The Hall–Kier alpha value is -2.93. The highest BCUT2D eigenvalue weighted by atomic mass is 79.9. The number of carbonyl (C=O) groups is 2. The lowest BCUT2D eigenvalue weighted by Gasteiger charge is -2.35. The van der Waals surface area contributed by atoms with Gasteiger partial charge in [0.05, 0.1) is 34.5 Å². The van der Waals surface area contributed by atoms with Crippen molar-refractivity contribution in [2.45, 2.75) is 31.6 Å². The lowest BCUT2D eigenvalue weighted by molar-refractivity contribution is -0.145. The summed E-state index contributed by atoms with van der Waals surface area (Å²) in [7, 11) is -2.47. The number of benzene rings is 2. The summed E-state index contributed by atoms with van der Waals surface area (Å²) in [6, 6.07) is 16.1. The lowest BCUT2D eigenvalue weighted by Crippen LogP contribution is -2.46. The molecule has 0 aliphatic carbocycles. The maximum atomic E-state index is 13.9. The van der Waals surface area contributed by atoms with Crippen LogP contribution in [0.3, 0.4) is 0 Å². The number of rotatable bonds is 11. The van der Waals surface area contributed by atoms with Crippen LogP contribution in [0.15, 0.2) is 59.1 Å². The molecule has 0 spiro atoms. The molecule has 0 radical (unpaired) electrons. The number of halogens is 1. The van der Waals surface area contributed by atoms with E-state index in [9.17, 15) is 18.0 Å². The fraction of sp³-hybridized carbons (Fsp3) is 0.357. The van der Waals surface area contributed by atoms with E-state index >= 15 is 0 Å². The summed E-state index contributed by atoms with van der Waals surface area (Å²) < 4.78 is 45.3. The molecule has 0 unspecified atom stereocenters. The quantitative estimate of drug-likeness (QED) is 0.289. The standard InChI is InChI=1S/C28H31BrN2O7S2/c1-3-37-23(32)17-38-25-24(29)26(39-27(25)28(33)36-2)20-10-7-11-22(16-20)31(21-12-14-30-15-13-21)40(34,35)18-19-8-5-4-6-9-19/h4-11,16,21,30H,3,12-15,17-18H2,1-2H3. The van der Waals surface area contributed by atoms with Gasteiger partial charge in [-0.2, -0.15) is 0 Å². The molecule has 1 aliphatic heterocycles. The van der Waals surface area contributed by atoms with Gasteiger partial charge in [0.25, 0.3) is 0 Å². The SMILES string of the molecule is CCOC(=O)COc1c(C(=O)OC)sc(-c2cccc(N(C3CCNCC3)S(=O)(=O)Cc3ccccc3)c2)c1Br. The fourth-order valence-electron chi connectivity index (χ4n) is 4.55. The first-order valence-corrected chi connectivity index (χ1v) is 16.0. The molecule has 1 N–H and O–H groups in total. The van der Waals surface area contributed by atoms with Crippen molar-refractivity contribution in [3.63, 3.8) is 0 Å². The summed E-state index contributed by atoms with van der Waals surface area (Å²) in [5.74, 6) is -1.14. The van der Waals surface area contributed by atoms with E-state index in [0.29, 0.717) is 39.0 Å². The van der Waals surface area contributed by atoms with Crippen LogP contribution in [0.5, 0.6) is 5.75 Å². The second kappa shape index (κ2) is 13.6. The molecule has 214 valence electrons. The summed E-state index contributed by atoms with van der Waals surface area (Å²) in [5, 5.41) is 3.30. The number of hydrogen-bond donors (Lipinski definition) is 1. The van der Waals surface area contributed by atoms with E-state index in [-0.39, 0.29) is 35.6 Å². The van der Waals surface area contributed by atoms with E-state index in [4.69, 9.17) is 14.2 Å². The second-order valence-electron chi connectivity index (χ2n) is 9.06. The minimum absolute atomic E-state index is 0.122. The van der Waals surface area contributed by atoms with Gasteiger partial charge < -0.3 is 19.5 Å². The molecule has 4 rings (SSSR count). The summed E-state index contributed by atoms with van der Waals surface area (Å²) in [5.41, 5.74) is 1.93. The molecule has 12 heteroatoms. The van der Waals surface area contributed by atoms with Crippen LogP contribution < -0.4 is 14.4 Å². The third-order valence-electron chi connectivity index (χ3n) is 6.31.